The van der Waals surface area contributed by atoms with Crippen LogP contribution in [0.2, 0.25) is 0 Å². The fraction of sp³-hybridized carbons (Fsp3) is 0.579. The molecule has 0 N–H and O–H groups in total. The van der Waals surface area contributed by atoms with E-state index < -0.39 is 5.60 Å². The highest BCUT2D eigenvalue weighted by atomic mass is 16.6. The highest BCUT2D eigenvalue weighted by Gasteiger charge is 2.34. The van der Waals surface area contributed by atoms with E-state index in [9.17, 15) is 9.59 Å². The van der Waals surface area contributed by atoms with Gasteiger partial charge in [-0.15, -0.1) is 0 Å². The number of hydrogen-bond acceptors (Lipinski definition) is 5. The van der Waals surface area contributed by atoms with Crippen LogP contribution in [0.5, 0.6) is 0 Å². The number of hydrogen-bond donors (Lipinski definition) is 0. The van der Waals surface area contributed by atoms with Crippen molar-refractivity contribution in [3.8, 4) is 0 Å². The fourth-order valence-electron chi connectivity index (χ4n) is 3.19. The third kappa shape index (κ3) is 4.65. The van der Waals surface area contributed by atoms with Crippen molar-refractivity contribution in [2.24, 2.45) is 0 Å². The monoisotopic (exact) mass is 348 g/mol. The van der Waals surface area contributed by atoms with Gasteiger partial charge in [-0.05, 0) is 58.9 Å². The molecule has 2 rings (SSSR count). The second-order valence-corrected chi connectivity index (χ2v) is 7.53. The lowest BCUT2D eigenvalue weighted by Gasteiger charge is -2.45. The van der Waals surface area contributed by atoms with Crippen LogP contribution in [0.25, 0.3) is 0 Å². The number of carbonyl (C=O) groups excluding carboxylic acids is 2. The van der Waals surface area contributed by atoms with Crippen molar-refractivity contribution >= 4 is 17.7 Å². The number of anilines is 1. The van der Waals surface area contributed by atoms with E-state index in [1.165, 1.54) is 7.11 Å². The number of piperazine rings is 1. The summed E-state index contributed by atoms with van der Waals surface area (Å²) < 4.78 is 10.2. The van der Waals surface area contributed by atoms with E-state index in [0.717, 1.165) is 5.69 Å². The molecule has 1 amide bonds. The van der Waals surface area contributed by atoms with Gasteiger partial charge in [0.15, 0.2) is 0 Å². The van der Waals surface area contributed by atoms with Crippen LogP contribution in [-0.4, -0.2) is 54.8 Å². The Labute approximate surface area is 149 Å². The molecule has 1 aromatic rings. The Morgan fingerprint density at radius 3 is 2.00 bits per heavy atom. The topological polar surface area (TPSA) is 59.1 Å². The standard InChI is InChI=1S/C19H28N2O4/c1-13-11-20(18(23)25-19(3,4)5)12-14(2)21(13)16-9-7-15(8-10-16)17(22)24-6/h7-10,13-14H,11-12H2,1-6H3. The summed E-state index contributed by atoms with van der Waals surface area (Å²) in [4.78, 5) is 27.9. The summed E-state index contributed by atoms with van der Waals surface area (Å²) in [5, 5.41) is 0. The molecule has 25 heavy (non-hydrogen) atoms. The van der Waals surface area contributed by atoms with Gasteiger partial charge in [0.2, 0.25) is 0 Å². The molecule has 0 bridgehead atoms. The van der Waals surface area contributed by atoms with Gasteiger partial charge in [0, 0.05) is 30.9 Å². The van der Waals surface area contributed by atoms with Gasteiger partial charge in [-0.25, -0.2) is 9.59 Å². The number of rotatable bonds is 2. The van der Waals surface area contributed by atoms with Crippen LogP contribution in [0, 0.1) is 0 Å². The SMILES string of the molecule is COC(=O)c1ccc(N2C(C)CN(C(=O)OC(C)(C)C)CC2C)cc1. The molecule has 1 heterocycles. The molecule has 1 fully saturated rings. The van der Waals surface area contributed by atoms with Gasteiger partial charge < -0.3 is 19.3 Å². The van der Waals surface area contributed by atoms with E-state index in [1.807, 2.05) is 32.9 Å². The lowest BCUT2D eigenvalue weighted by Crippen LogP contribution is -2.58. The summed E-state index contributed by atoms with van der Waals surface area (Å²) in [5.41, 5.74) is 1.06. The zero-order chi connectivity index (χ0) is 18.8. The minimum Gasteiger partial charge on any atom is -0.465 e. The average molecular weight is 348 g/mol. The van der Waals surface area contributed by atoms with Gasteiger partial charge in [-0.1, -0.05) is 0 Å². The molecular formula is C19H28N2O4. The Bertz CT molecular complexity index is 609. The van der Waals surface area contributed by atoms with Crippen LogP contribution in [0.15, 0.2) is 24.3 Å². The van der Waals surface area contributed by atoms with E-state index in [2.05, 4.69) is 18.7 Å². The Morgan fingerprint density at radius 2 is 1.56 bits per heavy atom. The maximum absolute atomic E-state index is 12.3. The number of amides is 1. The van der Waals surface area contributed by atoms with Gasteiger partial charge in [0.05, 0.1) is 12.7 Å². The molecule has 1 saturated heterocycles. The molecular weight excluding hydrogens is 320 g/mol. The summed E-state index contributed by atoms with van der Waals surface area (Å²) in [7, 11) is 1.37. The van der Waals surface area contributed by atoms with E-state index >= 15 is 0 Å². The molecule has 138 valence electrons. The number of nitrogens with zero attached hydrogens (tertiary/aromatic N) is 2. The van der Waals surface area contributed by atoms with E-state index in [4.69, 9.17) is 9.47 Å². The lowest BCUT2D eigenvalue weighted by atomic mass is 10.1. The largest absolute Gasteiger partial charge is 0.465 e. The summed E-state index contributed by atoms with van der Waals surface area (Å²) in [6.07, 6.45) is -0.271. The first kappa shape index (κ1) is 19.1. The first-order valence-electron chi connectivity index (χ1n) is 8.57. The minimum atomic E-state index is -0.496. The summed E-state index contributed by atoms with van der Waals surface area (Å²) in [5.74, 6) is -0.345. The number of ether oxygens (including phenoxy) is 2. The van der Waals surface area contributed by atoms with Gasteiger partial charge in [0.25, 0.3) is 0 Å². The van der Waals surface area contributed by atoms with E-state index in [-0.39, 0.29) is 24.1 Å². The van der Waals surface area contributed by atoms with Gasteiger partial charge in [0.1, 0.15) is 5.60 Å². The molecule has 0 spiro atoms. The minimum absolute atomic E-state index is 0.139. The molecule has 1 aliphatic rings. The third-order valence-electron chi connectivity index (χ3n) is 4.16. The highest BCUT2D eigenvalue weighted by Crippen LogP contribution is 2.26. The zero-order valence-corrected chi connectivity index (χ0v) is 15.9. The predicted octanol–water partition coefficient (Wildman–Crippen LogP) is 3.31. The Kier molecular flexibility index (Phi) is 5.60. The third-order valence-corrected chi connectivity index (χ3v) is 4.16. The molecule has 0 saturated carbocycles. The van der Waals surface area contributed by atoms with Crippen LogP contribution >= 0.6 is 0 Å². The van der Waals surface area contributed by atoms with Crippen molar-refractivity contribution < 1.29 is 19.1 Å². The van der Waals surface area contributed by atoms with Crippen LogP contribution in [-0.2, 0) is 9.47 Å². The van der Waals surface area contributed by atoms with Crippen LogP contribution in [0.3, 0.4) is 0 Å². The van der Waals surface area contributed by atoms with E-state index in [0.29, 0.717) is 18.7 Å². The van der Waals surface area contributed by atoms with Gasteiger partial charge in [-0.3, -0.25) is 0 Å². The molecule has 0 radical (unpaired) electrons. The first-order chi connectivity index (χ1) is 11.6. The highest BCUT2D eigenvalue weighted by molar-refractivity contribution is 5.89. The quantitative estimate of drug-likeness (QED) is 0.768. The summed E-state index contributed by atoms with van der Waals surface area (Å²) >= 11 is 0. The second kappa shape index (κ2) is 7.33. The lowest BCUT2D eigenvalue weighted by molar-refractivity contribution is 0.0192. The van der Waals surface area contributed by atoms with Gasteiger partial charge >= 0.3 is 12.1 Å². The first-order valence-corrected chi connectivity index (χ1v) is 8.57. The van der Waals surface area contributed by atoms with Crippen molar-refractivity contribution in [1.29, 1.82) is 0 Å². The second-order valence-electron chi connectivity index (χ2n) is 7.53. The Morgan fingerprint density at radius 1 is 1.04 bits per heavy atom. The Balaban J connectivity index is 2.10. The summed E-state index contributed by atoms with van der Waals surface area (Å²) in [6, 6.07) is 7.65. The average Bonchev–Trinajstić information content (AvgIpc) is 2.52. The normalized spacial score (nSPS) is 21.0. The van der Waals surface area contributed by atoms with Crippen LogP contribution in [0.4, 0.5) is 10.5 Å². The zero-order valence-electron chi connectivity index (χ0n) is 15.9. The maximum atomic E-state index is 12.3. The van der Waals surface area contributed by atoms with E-state index in [1.54, 1.807) is 17.0 Å². The number of methoxy groups -OCH3 is 1. The molecule has 6 heteroatoms. The summed E-state index contributed by atoms with van der Waals surface area (Å²) in [6.45, 7) is 11.0. The molecule has 2 atom stereocenters. The van der Waals surface area contributed by atoms with Crippen molar-refractivity contribution in [2.45, 2.75) is 52.3 Å². The van der Waals surface area contributed by atoms with Crippen molar-refractivity contribution in [1.82, 2.24) is 4.90 Å². The molecule has 0 aliphatic carbocycles. The number of carbonyl (C=O) groups is 2. The van der Waals surface area contributed by atoms with Crippen LogP contribution < -0.4 is 4.90 Å². The molecule has 1 aromatic carbocycles. The Hall–Kier alpha value is -2.24. The molecule has 6 nitrogen and oxygen atoms in total. The molecule has 2 unspecified atom stereocenters. The van der Waals surface area contributed by atoms with Crippen molar-refractivity contribution in [2.75, 3.05) is 25.1 Å². The molecule has 0 aromatic heterocycles. The van der Waals surface area contributed by atoms with Crippen LogP contribution in [0.1, 0.15) is 45.0 Å². The number of esters is 1. The maximum Gasteiger partial charge on any atom is 0.410 e. The fourth-order valence-corrected chi connectivity index (χ4v) is 3.19. The predicted molar refractivity (Wildman–Crippen MR) is 97.0 cm³/mol. The van der Waals surface area contributed by atoms with Crippen molar-refractivity contribution in [3.63, 3.8) is 0 Å². The molecule has 1 aliphatic heterocycles. The van der Waals surface area contributed by atoms with Gasteiger partial charge in [-0.2, -0.15) is 0 Å². The number of benzene rings is 1. The van der Waals surface area contributed by atoms with Crippen molar-refractivity contribution in [3.05, 3.63) is 29.8 Å². The smallest absolute Gasteiger partial charge is 0.410 e.